The zero-order valence-electron chi connectivity index (χ0n) is 15.9. The number of thiazole rings is 1. The van der Waals surface area contributed by atoms with Crippen LogP contribution in [0, 0.1) is 13.8 Å². The molecule has 1 aromatic carbocycles. The standard InChI is InChI=1S/C19H25N5O2S/c1-13-4-5-15(10-14(13)2)20-17(25)11-16-12-27-18(21-16)22-19(26)24-8-6-23(3)7-9-24/h4-5,10,12H,6-9,11H2,1-3H3,(H,20,25)(H,21,22,26). The van der Waals surface area contributed by atoms with Gasteiger partial charge in [-0.05, 0) is 44.2 Å². The number of aromatic nitrogens is 1. The SMILES string of the molecule is Cc1ccc(NC(=O)Cc2csc(NC(=O)N3CCN(C)CC3)n2)cc1C. The lowest BCUT2D eigenvalue weighted by molar-refractivity contribution is -0.115. The first kappa shape index (κ1) is 19.3. The van der Waals surface area contributed by atoms with Gasteiger partial charge in [0.2, 0.25) is 5.91 Å². The predicted molar refractivity (Wildman–Crippen MR) is 108 cm³/mol. The average molecular weight is 388 g/mol. The molecule has 0 aliphatic carbocycles. The molecule has 1 aliphatic heterocycles. The largest absolute Gasteiger partial charge is 0.326 e. The third-order valence-electron chi connectivity index (χ3n) is 4.69. The Hall–Kier alpha value is -2.45. The molecule has 3 rings (SSSR count). The van der Waals surface area contributed by atoms with Gasteiger partial charge in [0.25, 0.3) is 0 Å². The Kier molecular flexibility index (Phi) is 6.08. The maximum absolute atomic E-state index is 12.3. The molecular formula is C19H25N5O2S. The van der Waals surface area contributed by atoms with Crippen LogP contribution in [0.2, 0.25) is 0 Å². The molecule has 2 aromatic rings. The molecule has 0 unspecified atom stereocenters. The van der Waals surface area contributed by atoms with Gasteiger partial charge < -0.3 is 15.1 Å². The van der Waals surface area contributed by atoms with E-state index in [0.29, 0.717) is 23.9 Å². The van der Waals surface area contributed by atoms with Gasteiger partial charge in [-0.25, -0.2) is 9.78 Å². The summed E-state index contributed by atoms with van der Waals surface area (Å²) in [5.74, 6) is -0.125. The van der Waals surface area contributed by atoms with Gasteiger partial charge in [-0.3, -0.25) is 10.1 Å². The van der Waals surface area contributed by atoms with Gasteiger partial charge >= 0.3 is 6.03 Å². The summed E-state index contributed by atoms with van der Waals surface area (Å²) in [5, 5.41) is 8.04. The van der Waals surface area contributed by atoms with Crippen LogP contribution < -0.4 is 10.6 Å². The van der Waals surface area contributed by atoms with Crippen LogP contribution in [-0.4, -0.2) is 59.9 Å². The minimum atomic E-state index is -0.136. The minimum absolute atomic E-state index is 0.125. The molecule has 3 amide bonds. The van der Waals surface area contributed by atoms with Crippen LogP contribution >= 0.6 is 11.3 Å². The fourth-order valence-electron chi connectivity index (χ4n) is 2.81. The summed E-state index contributed by atoms with van der Waals surface area (Å²) in [4.78, 5) is 32.9. The van der Waals surface area contributed by atoms with Crippen molar-refractivity contribution in [1.29, 1.82) is 0 Å². The van der Waals surface area contributed by atoms with Crippen molar-refractivity contribution in [3.05, 3.63) is 40.4 Å². The summed E-state index contributed by atoms with van der Waals surface area (Å²) < 4.78 is 0. The molecule has 0 spiro atoms. The Morgan fingerprint density at radius 2 is 1.85 bits per heavy atom. The number of nitrogens with one attached hydrogen (secondary N) is 2. The van der Waals surface area contributed by atoms with E-state index in [0.717, 1.165) is 24.3 Å². The van der Waals surface area contributed by atoms with Gasteiger partial charge in [0.05, 0.1) is 12.1 Å². The number of benzene rings is 1. The highest BCUT2D eigenvalue weighted by atomic mass is 32.1. The summed E-state index contributed by atoms with van der Waals surface area (Å²) in [6.07, 6.45) is 0.174. The molecule has 0 atom stereocenters. The van der Waals surface area contributed by atoms with Crippen LogP contribution in [0.1, 0.15) is 16.8 Å². The van der Waals surface area contributed by atoms with Crippen molar-refractivity contribution in [2.75, 3.05) is 43.9 Å². The van der Waals surface area contributed by atoms with Gasteiger partial charge in [-0.15, -0.1) is 11.3 Å². The van der Waals surface area contributed by atoms with Crippen molar-refractivity contribution in [1.82, 2.24) is 14.8 Å². The topological polar surface area (TPSA) is 77.6 Å². The van der Waals surface area contributed by atoms with E-state index in [-0.39, 0.29) is 18.4 Å². The molecule has 2 N–H and O–H groups in total. The smallest absolute Gasteiger partial charge is 0.323 e. The summed E-state index contributed by atoms with van der Waals surface area (Å²) >= 11 is 1.33. The second-order valence-electron chi connectivity index (χ2n) is 6.89. The highest BCUT2D eigenvalue weighted by Gasteiger charge is 2.20. The number of hydrogen-bond donors (Lipinski definition) is 2. The molecule has 1 fully saturated rings. The van der Waals surface area contributed by atoms with Gasteiger partial charge in [0.15, 0.2) is 5.13 Å². The van der Waals surface area contributed by atoms with Gasteiger partial charge in [-0.1, -0.05) is 6.07 Å². The number of carbonyl (C=O) groups excluding carboxylic acids is 2. The first-order valence-corrected chi connectivity index (χ1v) is 9.84. The lowest BCUT2D eigenvalue weighted by atomic mass is 10.1. The number of hydrogen-bond acceptors (Lipinski definition) is 5. The van der Waals surface area contributed by atoms with Crippen LogP contribution in [0.3, 0.4) is 0 Å². The molecule has 1 saturated heterocycles. The van der Waals surface area contributed by atoms with Crippen LogP contribution in [0.4, 0.5) is 15.6 Å². The summed E-state index contributed by atoms with van der Waals surface area (Å²) in [5.41, 5.74) is 3.75. The van der Waals surface area contributed by atoms with E-state index in [2.05, 4.69) is 20.5 Å². The van der Waals surface area contributed by atoms with Crippen molar-refractivity contribution in [2.24, 2.45) is 0 Å². The maximum Gasteiger partial charge on any atom is 0.323 e. The Morgan fingerprint density at radius 3 is 2.56 bits per heavy atom. The lowest BCUT2D eigenvalue weighted by Crippen LogP contribution is -2.48. The maximum atomic E-state index is 12.3. The van der Waals surface area contributed by atoms with Crippen molar-refractivity contribution in [3.8, 4) is 0 Å². The second-order valence-corrected chi connectivity index (χ2v) is 7.75. The van der Waals surface area contributed by atoms with Crippen molar-refractivity contribution >= 4 is 34.1 Å². The highest BCUT2D eigenvalue weighted by Crippen LogP contribution is 2.18. The highest BCUT2D eigenvalue weighted by molar-refractivity contribution is 7.13. The Labute approximate surface area is 163 Å². The fraction of sp³-hybridized carbons (Fsp3) is 0.421. The van der Waals surface area contributed by atoms with Gasteiger partial charge in [0.1, 0.15) is 0 Å². The van der Waals surface area contributed by atoms with Crippen LogP contribution in [0.25, 0.3) is 0 Å². The Morgan fingerprint density at radius 1 is 1.11 bits per heavy atom. The van der Waals surface area contributed by atoms with Crippen LogP contribution in [0.15, 0.2) is 23.6 Å². The number of amides is 3. The molecule has 7 nitrogen and oxygen atoms in total. The second kappa shape index (κ2) is 8.49. The molecule has 0 radical (unpaired) electrons. The van der Waals surface area contributed by atoms with Gasteiger partial charge in [-0.2, -0.15) is 0 Å². The first-order valence-electron chi connectivity index (χ1n) is 8.96. The molecular weight excluding hydrogens is 362 g/mol. The van der Waals surface area contributed by atoms with E-state index in [9.17, 15) is 9.59 Å². The number of urea groups is 1. The Bertz CT molecular complexity index is 827. The third-order valence-corrected chi connectivity index (χ3v) is 5.49. The molecule has 0 bridgehead atoms. The van der Waals surface area contributed by atoms with Crippen molar-refractivity contribution in [3.63, 3.8) is 0 Å². The third kappa shape index (κ3) is 5.27. The predicted octanol–water partition coefficient (Wildman–Crippen LogP) is 2.72. The van der Waals surface area contributed by atoms with Crippen molar-refractivity contribution < 1.29 is 9.59 Å². The van der Waals surface area contributed by atoms with E-state index in [1.807, 2.05) is 39.1 Å². The van der Waals surface area contributed by atoms with E-state index >= 15 is 0 Å². The lowest BCUT2D eigenvalue weighted by Gasteiger charge is -2.32. The minimum Gasteiger partial charge on any atom is -0.326 e. The van der Waals surface area contributed by atoms with Crippen LogP contribution in [-0.2, 0) is 11.2 Å². The van der Waals surface area contributed by atoms with E-state index in [4.69, 9.17) is 0 Å². The number of rotatable bonds is 4. The molecule has 1 aliphatic rings. The number of nitrogens with zero attached hydrogens (tertiary/aromatic N) is 3. The Balaban J connectivity index is 1.52. The summed E-state index contributed by atoms with van der Waals surface area (Å²) in [6.45, 7) is 7.21. The quantitative estimate of drug-likeness (QED) is 0.846. The average Bonchev–Trinajstić information content (AvgIpc) is 3.05. The van der Waals surface area contributed by atoms with Gasteiger partial charge in [0, 0.05) is 37.2 Å². The van der Waals surface area contributed by atoms with E-state index < -0.39 is 0 Å². The van der Waals surface area contributed by atoms with E-state index in [1.54, 1.807) is 10.3 Å². The summed E-state index contributed by atoms with van der Waals surface area (Å²) in [7, 11) is 2.05. The number of aryl methyl sites for hydroxylation is 2. The number of piperazine rings is 1. The molecule has 1 aromatic heterocycles. The number of likely N-dealkylation sites (N-methyl/N-ethyl adjacent to an activating group) is 1. The molecule has 2 heterocycles. The molecule has 0 saturated carbocycles. The zero-order valence-corrected chi connectivity index (χ0v) is 16.7. The zero-order chi connectivity index (χ0) is 19.4. The molecule has 8 heteroatoms. The summed E-state index contributed by atoms with van der Waals surface area (Å²) in [6, 6.07) is 5.70. The fourth-order valence-corrected chi connectivity index (χ4v) is 3.51. The van der Waals surface area contributed by atoms with E-state index in [1.165, 1.54) is 16.9 Å². The van der Waals surface area contributed by atoms with Crippen LogP contribution in [0.5, 0.6) is 0 Å². The monoisotopic (exact) mass is 387 g/mol. The molecule has 144 valence electrons. The number of carbonyl (C=O) groups is 2. The van der Waals surface area contributed by atoms with Crippen molar-refractivity contribution in [2.45, 2.75) is 20.3 Å². The first-order chi connectivity index (χ1) is 12.9. The normalized spacial score (nSPS) is 14.9. The molecule has 27 heavy (non-hydrogen) atoms. The number of anilines is 2.